The van der Waals surface area contributed by atoms with Gasteiger partial charge in [0.05, 0.1) is 6.10 Å². The second kappa shape index (κ2) is 10.3. The quantitative estimate of drug-likeness (QED) is 0.200. The highest BCUT2D eigenvalue weighted by atomic mass is 16.6. The first-order valence-electron chi connectivity index (χ1n) is 15.3. The largest absolute Gasteiger partial charge is 0.459 e. The van der Waals surface area contributed by atoms with Crippen LogP contribution in [0, 0.1) is 34.0 Å². The van der Waals surface area contributed by atoms with E-state index < -0.39 is 70.1 Å². The topological polar surface area (TPSA) is 119 Å². The van der Waals surface area contributed by atoms with Crippen molar-refractivity contribution in [3.8, 4) is 0 Å². The Morgan fingerprint density at radius 3 is 2.49 bits per heavy atom. The lowest BCUT2D eigenvalue weighted by Crippen LogP contribution is -2.67. The molecule has 8 heteroatoms. The summed E-state index contributed by atoms with van der Waals surface area (Å²) in [5.74, 6) is -2.30. The summed E-state index contributed by atoms with van der Waals surface area (Å²) in [6.07, 6.45) is 6.94. The van der Waals surface area contributed by atoms with Gasteiger partial charge in [-0.2, -0.15) is 0 Å². The molecule has 0 bridgehead atoms. The third kappa shape index (κ3) is 4.59. The molecule has 0 spiro atoms. The number of rotatable bonds is 5. The van der Waals surface area contributed by atoms with Crippen LogP contribution < -0.4 is 0 Å². The van der Waals surface area contributed by atoms with Gasteiger partial charge in [0.25, 0.3) is 0 Å². The maximum atomic E-state index is 13.4. The van der Waals surface area contributed by atoms with Crippen molar-refractivity contribution in [2.45, 2.75) is 105 Å². The molecule has 8 nitrogen and oxygen atoms in total. The second-order valence-electron chi connectivity index (χ2n) is 14.5. The van der Waals surface area contributed by atoms with Crippen LogP contribution in [0.5, 0.6) is 0 Å². The third-order valence-corrected chi connectivity index (χ3v) is 11.5. The lowest BCUT2D eigenvalue weighted by molar-refractivity contribution is -0.216. The van der Waals surface area contributed by atoms with Crippen LogP contribution in [0.3, 0.4) is 0 Å². The van der Waals surface area contributed by atoms with Crippen molar-refractivity contribution in [3.05, 3.63) is 59.3 Å². The molecule has 43 heavy (non-hydrogen) atoms. The van der Waals surface area contributed by atoms with E-state index in [-0.39, 0.29) is 11.8 Å². The predicted molar refractivity (Wildman–Crippen MR) is 160 cm³/mol. The van der Waals surface area contributed by atoms with Gasteiger partial charge >= 0.3 is 17.9 Å². The van der Waals surface area contributed by atoms with Gasteiger partial charge < -0.3 is 24.4 Å². The van der Waals surface area contributed by atoms with E-state index in [2.05, 4.69) is 26.5 Å². The normalized spacial score (nSPS) is 42.3. The SMILES string of the molecule is C=C(C)[C@H](O)[C@H]1C=C([C@@H]2CC=C3[C@]4(C)[C@H](O)C[C@H]5C(C)(C)OC(=O)C=C[C@]5(C)[C@H]4[C@H](OC(=O)/C(C)=C/C)C[C@]32C)C(=O)O1. The number of allylic oxidation sites excluding steroid dienone is 3. The zero-order valence-corrected chi connectivity index (χ0v) is 26.6. The van der Waals surface area contributed by atoms with Gasteiger partial charge in [-0.15, -0.1) is 0 Å². The molecule has 0 unspecified atom stereocenters. The van der Waals surface area contributed by atoms with Crippen LogP contribution >= 0.6 is 0 Å². The molecule has 0 aromatic carbocycles. The zero-order valence-electron chi connectivity index (χ0n) is 26.6. The van der Waals surface area contributed by atoms with Gasteiger partial charge in [-0.25, -0.2) is 14.4 Å². The van der Waals surface area contributed by atoms with Crippen molar-refractivity contribution in [1.82, 2.24) is 0 Å². The molecule has 2 aliphatic heterocycles. The highest BCUT2D eigenvalue weighted by molar-refractivity contribution is 5.92. The number of carbonyl (C=O) groups is 3. The van der Waals surface area contributed by atoms with Gasteiger partial charge in [0.1, 0.15) is 17.8 Å². The van der Waals surface area contributed by atoms with Gasteiger partial charge in [-0.05, 0) is 76.4 Å². The molecule has 0 radical (unpaired) electrons. The molecular weight excluding hydrogens is 548 g/mol. The minimum absolute atomic E-state index is 0.251. The van der Waals surface area contributed by atoms with E-state index in [1.165, 1.54) is 6.08 Å². The van der Waals surface area contributed by atoms with E-state index in [1.54, 1.807) is 32.9 Å². The van der Waals surface area contributed by atoms with E-state index in [0.717, 1.165) is 5.57 Å². The molecule has 5 rings (SSSR count). The van der Waals surface area contributed by atoms with Crippen LogP contribution in [-0.4, -0.2) is 58.1 Å². The number of aliphatic hydroxyl groups excluding tert-OH is 2. The van der Waals surface area contributed by atoms with E-state index in [4.69, 9.17) is 14.2 Å². The highest BCUT2D eigenvalue weighted by Gasteiger charge is 2.71. The summed E-state index contributed by atoms with van der Waals surface area (Å²) in [6.45, 7) is 19.0. The molecular formula is C35H46O8. The zero-order chi connectivity index (χ0) is 31.9. The van der Waals surface area contributed by atoms with Crippen molar-refractivity contribution in [1.29, 1.82) is 0 Å². The molecule has 0 amide bonds. The number of carbonyl (C=O) groups excluding carboxylic acids is 3. The van der Waals surface area contributed by atoms with Crippen LogP contribution in [-0.2, 0) is 28.6 Å². The maximum absolute atomic E-state index is 13.4. The van der Waals surface area contributed by atoms with Crippen molar-refractivity contribution in [3.63, 3.8) is 0 Å². The molecule has 2 saturated carbocycles. The van der Waals surface area contributed by atoms with Crippen LogP contribution in [0.4, 0.5) is 0 Å². The molecule has 2 N–H and O–H groups in total. The summed E-state index contributed by atoms with van der Waals surface area (Å²) in [5, 5.41) is 22.7. The number of hydrogen-bond acceptors (Lipinski definition) is 8. The summed E-state index contributed by atoms with van der Waals surface area (Å²) in [6, 6.07) is 0. The Kier molecular flexibility index (Phi) is 7.53. The summed E-state index contributed by atoms with van der Waals surface area (Å²) in [5.41, 5.74) is -0.581. The molecule has 0 aromatic rings. The third-order valence-electron chi connectivity index (χ3n) is 11.5. The standard InChI is InChI=1S/C35H46O8/c1-10-19(4)30(39)42-23-17-34(8)21(20-15-22(41-31(20)40)28(38)18(2)3)11-12-24(34)35(9)26(36)16-25-32(5,6)43-27(37)13-14-33(25,7)29(23)35/h10,12-15,21-23,25-26,28-29,36,38H,2,11,16-17H2,1,3-9H3/b19-10+/t21-,22+,23+,25-,26+,28-,29+,33-,34-,35+/m0/s1. The molecule has 3 aliphatic carbocycles. The summed E-state index contributed by atoms with van der Waals surface area (Å²) >= 11 is 0. The minimum Gasteiger partial charge on any atom is -0.459 e. The van der Waals surface area contributed by atoms with Crippen molar-refractivity contribution in [2.24, 2.45) is 34.0 Å². The summed E-state index contributed by atoms with van der Waals surface area (Å²) in [4.78, 5) is 39.4. The van der Waals surface area contributed by atoms with Gasteiger partial charge in [0, 0.05) is 40.4 Å². The van der Waals surface area contributed by atoms with E-state index in [9.17, 15) is 24.6 Å². The number of ether oxygens (including phenoxy) is 3. The number of cyclic esters (lactones) is 2. The second-order valence-corrected chi connectivity index (χ2v) is 14.5. The molecule has 0 saturated heterocycles. The van der Waals surface area contributed by atoms with Crippen LogP contribution in [0.25, 0.3) is 0 Å². The summed E-state index contributed by atoms with van der Waals surface area (Å²) < 4.78 is 17.8. The molecule has 5 aliphatic rings. The molecule has 2 heterocycles. The first kappa shape index (κ1) is 31.5. The van der Waals surface area contributed by atoms with Crippen molar-refractivity contribution in [2.75, 3.05) is 0 Å². The molecule has 234 valence electrons. The van der Waals surface area contributed by atoms with E-state index in [0.29, 0.717) is 36.0 Å². The van der Waals surface area contributed by atoms with Gasteiger partial charge in [-0.3, -0.25) is 0 Å². The molecule has 10 atom stereocenters. The molecule has 0 aromatic heterocycles. The lowest BCUT2D eigenvalue weighted by Gasteiger charge is -2.66. The Balaban J connectivity index is 1.66. The van der Waals surface area contributed by atoms with E-state index >= 15 is 0 Å². The van der Waals surface area contributed by atoms with Crippen LogP contribution in [0.1, 0.15) is 74.7 Å². The van der Waals surface area contributed by atoms with Gasteiger partial charge in [0.2, 0.25) is 0 Å². The maximum Gasteiger partial charge on any atom is 0.334 e. The lowest BCUT2D eigenvalue weighted by atomic mass is 9.40. The Morgan fingerprint density at radius 2 is 1.86 bits per heavy atom. The minimum atomic E-state index is -1.01. The number of esters is 3. The average molecular weight is 595 g/mol. The number of fused-ring (bicyclic) bond motifs is 5. The molecule has 2 fully saturated rings. The van der Waals surface area contributed by atoms with Gasteiger partial charge in [0.15, 0.2) is 6.10 Å². The van der Waals surface area contributed by atoms with Crippen molar-refractivity contribution >= 4 is 17.9 Å². The Labute approximate surface area is 254 Å². The highest BCUT2D eigenvalue weighted by Crippen LogP contribution is 2.71. The van der Waals surface area contributed by atoms with Crippen molar-refractivity contribution < 1.29 is 38.8 Å². The fraction of sp³-hybridized carbons (Fsp3) is 0.629. The Morgan fingerprint density at radius 1 is 1.19 bits per heavy atom. The van der Waals surface area contributed by atoms with Crippen LogP contribution in [0.2, 0.25) is 0 Å². The smallest absolute Gasteiger partial charge is 0.334 e. The first-order chi connectivity index (χ1) is 19.9. The van der Waals surface area contributed by atoms with E-state index in [1.807, 2.05) is 26.8 Å². The average Bonchev–Trinajstić information content (AvgIpc) is 3.44. The fourth-order valence-corrected chi connectivity index (χ4v) is 9.42. The summed E-state index contributed by atoms with van der Waals surface area (Å²) in [7, 11) is 0. The fourth-order valence-electron chi connectivity index (χ4n) is 9.42. The number of aliphatic hydroxyl groups is 2. The first-order valence-corrected chi connectivity index (χ1v) is 15.3. The monoisotopic (exact) mass is 594 g/mol. The van der Waals surface area contributed by atoms with Gasteiger partial charge in [-0.1, -0.05) is 51.2 Å². The number of hydrogen-bond donors (Lipinski definition) is 2. The van der Waals surface area contributed by atoms with Crippen LogP contribution in [0.15, 0.2) is 59.3 Å². The Bertz CT molecular complexity index is 1380. The Hall–Kier alpha value is -2.97. The predicted octanol–water partition coefficient (Wildman–Crippen LogP) is 4.91.